The van der Waals surface area contributed by atoms with Crippen molar-refractivity contribution in [2.45, 2.75) is 50.7 Å². The van der Waals surface area contributed by atoms with Gasteiger partial charge in [0.1, 0.15) is 0 Å². The zero-order valence-corrected chi connectivity index (χ0v) is 9.71. The third kappa shape index (κ3) is 3.47. The molecule has 0 heterocycles. The highest BCUT2D eigenvalue weighted by molar-refractivity contribution is 5.76. The molecule has 0 aliphatic heterocycles. The van der Waals surface area contributed by atoms with Gasteiger partial charge in [-0.2, -0.15) is 0 Å². The first-order chi connectivity index (χ1) is 7.12. The molecule has 1 fully saturated rings. The molecule has 15 heavy (non-hydrogen) atoms. The van der Waals surface area contributed by atoms with Gasteiger partial charge in [-0.25, -0.2) is 0 Å². The maximum absolute atomic E-state index is 11.5. The molecule has 0 aromatic carbocycles. The minimum atomic E-state index is -0.0913. The highest BCUT2D eigenvalue weighted by Crippen LogP contribution is 2.34. The van der Waals surface area contributed by atoms with Crippen LogP contribution in [0.3, 0.4) is 0 Å². The van der Waals surface area contributed by atoms with Gasteiger partial charge in [-0.3, -0.25) is 4.79 Å². The Morgan fingerprint density at radius 1 is 1.60 bits per heavy atom. The summed E-state index contributed by atoms with van der Waals surface area (Å²) in [5.74, 6) is 0.0349. The van der Waals surface area contributed by atoms with E-state index >= 15 is 0 Å². The molecule has 88 valence electrons. The van der Waals surface area contributed by atoms with Gasteiger partial charge in [0.05, 0.1) is 5.60 Å². The molecule has 1 unspecified atom stereocenters. The lowest BCUT2D eigenvalue weighted by Crippen LogP contribution is -2.49. The van der Waals surface area contributed by atoms with Crippen molar-refractivity contribution in [2.75, 3.05) is 13.7 Å². The molecule has 1 atom stereocenters. The predicted molar refractivity (Wildman–Crippen MR) is 59.5 cm³/mol. The van der Waals surface area contributed by atoms with Crippen LogP contribution < -0.4 is 11.1 Å². The highest BCUT2D eigenvalue weighted by Gasteiger charge is 2.37. The molecule has 1 aliphatic rings. The molecule has 4 heteroatoms. The van der Waals surface area contributed by atoms with E-state index in [2.05, 4.69) is 5.32 Å². The Kier molecular flexibility index (Phi) is 4.54. The third-order valence-electron chi connectivity index (χ3n) is 3.28. The summed E-state index contributed by atoms with van der Waals surface area (Å²) >= 11 is 0. The number of carbonyl (C=O) groups excluding carboxylic acids is 1. The number of nitrogens with one attached hydrogen (secondary N) is 1. The Morgan fingerprint density at radius 2 is 2.27 bits per heavy atom. The van der Waals surface area contributed by atoms with Crippen molar-refractivity contribution in [2.24, 2.45) is 5.73 Å². The molecule has 0 aromatic rings. The first kappa shape index (κ1) is 12.5. The number of amides is 1. The van der Waals surface area contributed by atoms with Crippen molar-refractivity contribution in [3.05, 3.63) is 0 Å². The van der Waals surface area contributed by atoms with Crippen LogP contribution in [0, 0.1) is 0 Å². The van der Waals surface area contributed by atoms with Gasteiger partial charge in [0.2, 0.25) is 5.91 Å². The number of hydrogen-bond donors (Lipinski definition) is 2. The van der Waals surface area contributed by atoms with Gasteiger partial charge in [0.15, 0.2) is 0 Å². The van der Waals surface area contributed by atoms with E-state index in [9.17, 15) is 4.79 Å². The molecular weight excluding hydrogens is 192 g/mol. The fourth-order valence-corrected chi connectivity index (χ4v) is 1.74. The van der Waals surface area contributed by atoms with Crippen molar-refractivity contribution in [3.63, 3.8) is 0 Å². The lowest BCUT2D eigenvalue weighted by atomic mass is 9.80. The summed E-state index contributed by atoms with van der Waals surface area (Å²) < 4.78 is 5.41. The van der Waals surface area contributed by atoms with E-state index < -0.39 is 0 Å². The van der Waals surface area contributed by atoms with E-state index in [1.54, 1.807) is 7.11 Å². The molecule has 0 aromatic heterocycles. The highest BCUT2D eigenvalue weighted by atomic mass is 16.5. The van der Waals surface area contributed by atoms with Crippen molar-refractivity contribution in [3.8, 4) is 0 Å². The zero-order chi connectivity index (χ0) is 11.3. The molecule has 0 radical (unpaired) electrons. The summed E-state index contributed by atoms with van der Waals surface area (Å²) in [4.78, 5) is 11.5. The smallest absolute Gasteiger partial charge is 0.221 e. The van der Waals surface area contributed by atoms with Crippen LogP contribution in [0.2, 0.25) is 0 Å². The number of carbonyl (C=O) groups is 1. The van der Waals surface area contributed by atoms with Crippen LogP contribution in [0.5, 0.6) is 0 Å². The van der Waals surface area contributed by atoms with Gasteiger partial charge in [-0.15, -0.1) is 0 Å². The van der Waals surface area contributed by atoms with Crippen molar-refractivity contribution >= 4 is 5.91 Å². The molecule has 0 bridgehead atoms. The minimum absolute atomic E-state index is 0.0233. The second-order valence-electron chi connectivity index (χ2n) is 4.39. The maximum atomic E-state index is 11.5. The van der Waals surface area contributed by atoms with Crippen LogP contribution in [0.4, 0.5) is 0 Å². The normalized spacial score (nSPS) is 20.5. The average Bonchev–Trinajstić information content (AvgIpc) is 2.16. The monoisotopic (exact) mass is 214 g/mol. The lowest BCUT2D eigenvalue weighted by Gasteiger charge is -2.40. The topological polar surface area (TPSA) is 64.4 Å². The second kappa shape index (κ2) is 5.47. The second-order valence-corrected chi connectivity index (χ2v) is 4.39. The molecule has 0 spiro atoms. The predicted octanol–water partition coefficient (Wildman–Crippen LogP) is 0.799. The van der Waals surface area contributed by atoms with Gasteiger partial charge < -0.3 is 15.8 Å². The minimum Gasteiger partial charge on any atom is -0.376 e. The molecular formula is C11H22N2O2. The number of ether oxygens (including phenoxy) is 1. The SMILES string of the molecule is CCC(N)CC(=O)NCC1(OC)CCC1. The standard InChI is InChI=1S/C11H22N2O2/c1-3-9(12)7-10(14)13-8-11(15-2)5-4-6-11/h9H,3-8,12H2,1-2H3,(H,13,14). The summed E-state index contributed by atoms with van der Waals surface area (Å²) in [5.41, 5.74) is 5.61. The fourth-order valence-electron chi connectivity index (χ4n) is 1.74. The number of hydrogen-bond acceptors (Lipinski definition) is 3. The Bertz CT molecular complexity index is 209. The van der Waals surface area contributed by atoms with Crippen LogP contribution in [0.15, 0.2) is 0 Å². The largest absolute Gasteiger partial charge is 0.376 e. The van der Waals surface area contributed by atoms with E-state index in [1.165, 1.54) is 6.42 Å². The van der Waals surface area contributed by atoms with Crippen LogP contribution in [0.25, 0.3) is 0 Å². The Balaban J connectivity index is 2.21. The Hall–Kier alpha value is -0.610. The van der Waals surface area contributed by atoms with Crippen molar-refractivity contribution in [1.82, 2.24) is 5.32 Å². The first-order valence-corrected chi connectivity index (χ1v) is 5.69. The maximum Gasteiger partial charge on any atom is 0.221 e. The van der Waals surface area contributed by atoms with E-state index in [-0.39, 0.29) is 17.6 Å². The molecule has 0 saturated heterocycles. The van der Waals surface area contributed by atoms with Crippen LogP contribution >= 0.6 is 0 Å². The molecule has 1 rings (SSSR count). The Labute approximate surface area is 91.5 Å². The van der Waals surface area contributed by atoms with E-state index in [4.69, 9.17) is 10.5 Å². The fraction of sp³-hybridized carbons (Fsp3) is 0.909. The molecule has 3 N–H and O–H groups in total. The summed E-state index contributed by atoms with van der Waals surface area (Å²) in [7, 11) is 1.71. The van der Waals surface area contributed by atoms with Gasteiger partial charge >= 0.3 is 0 Å². The molecule has 1 aliphatic carbocycles. The van der Waals surface area contributed by atoms with Gasteiger partial charge in [0, 0.05) is 26.1 Å². The van der Waals surface area contributed by atoms with Crippen LogP contribution in [-0.2, 0) is 9.53 Å². The van der Waals surface area contributed by atoms with E-state index in [1.807, 2.05) is 6.92 Å². The van der Waals surface area contributed by atoms with Gasteiger partial charge in [-0.05, 0) is 25.7 Å². The zero-order valence-electron chi connectivity index (χ0n) is 9.71. The summed E-state index contributed by atoms with van der Waals surface area (Å²) in [6.07, 6.45) is 4.53. The number of nitrogens with two attached hydrogens (primary N) is 1. The average molecular weight is 214 g/mol. The summed E-state index contributed by atoms with van der Waals surface area (Å²) in [6, 6.07) is -0.0233. The van der Waals surface area contributed by atoms with Crippen molar-refractivity contribution < 1.29 is 9.53 Å². The third-order valence-corrected chi connectivity index (χ3v) is 3.28. The molecule has 1 amide bonds. The first-order valence-electron chi connectivity index (χ1n) is 5.69. The van der Waals surface area contributed by atoms with Crippen LogP contribution in [0.1, 0.15) is 39.0 Å². The van der Waals surface area contributed by atoms with E-state index in [0.29, 0.717) is 13.0 Å². The Morgan fingerprint density at radius 3 is 2.67 bits per heavy atom. The number of rotatable bonds is 6. The molecule has 1 saturated carbocycles. The summed E-state index contributed by atoms with van der Waals surface area (Å²) in [6.45, 7) is 2.61. The van der Waals surface area contributed by atoms with E-state index in [0.717, 1.165) is 19.3 Å². The van der Waals surface area contributed by atoms with Gasteiger partial charge in [-0.1, -0.05) is 6.92 Å². The lowest BCUT2D eigenvalue weighted by molar-refractivity contribution is -0.125. The summed E-state index contributed by atoms with van der Waals surface area (Å²) in [5, 5.41) is 2.90. The quantitative estimate of drug-likeness (QED) is 0.687. The van der Waals surface area contributed by atoms with Crippen LogP contribution in [-0.4, -0.2) is 31.2 Å². The number of methoxy groups -OCH3 is 1. The van der Waals surface area contributed by atoms with Gasteiger partial charge in [0.25, 0.3) is 0 Å². The van der Waals surface area contributed by atoms with Crippen molar-refractivity contribution in [1.29, 1.82) is 0 Å². The molecule has 4 nitrogen and oxygen atoms in total.